The van der Waals surface area contributed by atoms with E-state index < -0.39 is 0 Å². The number of nitrogens with one attached hydrogen (secondary N) is 1. The van der Waals surface area contributed by atoms with Crippen LogP contribution in [-0.4, -0.2) is 23.2 Å². The highest BCUT2D eigenvalue weighted by atomic mass is 32.1. The second-order valence-corrected chi connectivity index (χ2v) is 4.99. The molecule has 1 aromatic carbocycles. The van der Waals surface area contributed by atoms with Gasteiger partial charge in [-0.15, -0.1) is 11.3 Å². The Morgan fingerprint density at radius 2 is 2.06 bits per heavy atom. The van der Waals surface area contributed by atoms with Crippen molar-refractivity contribution >= 4 is 27.2 Å². The van der Waals surface area contributed by atoms with Crippen LogP contribution < -0.4 is 5.32 Å². The maximum Gasteiger partial charge on any atom is 0.0813 e. The molecule has 0 aliphatic rings. The van der Waals surface area contributed by atoms with Crippen molar-refractivity contribution in [3.63, 3.8) is 0 Å². The number of anilines is 1. The van der Waals surface area contributed by atoms with Gasteiger partial charge in [0, 0.05) is 18.8 Å². The zero-order valence-corrected chi connectivity index (χ0v) is 10.7. The first kappa shape index (κ1) is 12.3. The molecule has 0 saturated heterocycles. The molecule has 0 aliphatic carbocycles. The summed E-state index contributed by atoms with van der Waals surface area (Å²) < 4.78 is 1.23. The molecule has 0 spiro atoms. The largest absolute Gasteiger partial charge is 0.396 e. The Kier molecular flexibility index (Phi) is 4.76. The number of unbranched alkanes of at least 4 members (excludes halogenated alkanes) is 3. The van der Waals surface area contributed by atoms with Gasteiger partial charge >= 0.3 is 0 Å². The molecular weight excluding hydrogens is 232 g/mol. The molecule has 4 heteroatoms. The van der Waals surface area contributed by atoms with Gasteiger partial charge in [-0.05, 0) is 31.0 Å². The first-order valence-corrected chi connectivity index (χ1v) is 6.96. The number of rotatable bonds is 7. The van der Waals surface area contributed by atoms with Crippen molar-refractivity contribution < 1.29 is 5.11 Å². The Morgan fingerprint density at radius 1 is 1.18 bits per heavy atom. The van der Waals surface area contributed by atoms with E-state index >= 15 is 0 Å². The van der Waals surface area contributed by atoms with E-state index in [1.54, 1.807) is 11.3 Å². The van der Waals surface area contributed by atoms with Gasteiger partial charge in [0.1, 0.15) is 0 Å². The SMILES string of the molecule is OCCCCCCNc1ccc2ncsc2c1. The van der Waals surface area contributed by atoms with E-state index in [1.165, 1.54) is 16.8 Å². The standard InChI is InChI=1S/C13H18N2OS/c16-8-4-2-1-3-7-14-11-5-6-12-13(9-11)17-10-15-12/h5-6,9-10,14,16H,1-4,7-8H2. The molecule has 0 radical (unpaired) electrons. The first-order chi connectivity index (χ1) is 8.40. The Bertz CT molecular complexity index is 455. The Labute approximate surface area is 106 Å². The zero-order valence-electron chi connectivity index (χ0n) is 9.85. The van der Waals surface area contributed by atoms with Gasteiger partial charge in [-0.3, -0.25) is 0 Å². The number of aliphatic hydroxyl groups is 1. The molecule has 17 heavy (non-hydrogen) atoms. The molecule has 1 aromatic heterocycles. The minimum absolute atomic E-state index is 0.315. The summed E-state index contributed by atoms with van der Waals surface area (Å²) in [5.41, 5.74) is 4.12. The van der Waals surface area contributed by atoms with Crippen LogP contribution in [0.3, 0.4) is 0 Å². The van der Waals surface area contributed by atoms with E-state index in [0.717, 1.165) is 31.3 Å². The van der Waals surface area contributed by atoms with Gasteiger partial charge in [-0.1, -0.05) is 12.8 Å². The van der Waals surface area contributed by atoms with Gasteiger partial charge in [0.25, 0.3) is 0 Å². The van der Waals surface area contributed by atoms with Crippen LogP contribution in [0, 0.1) is 0 Å². The fourth-order valence-corrected chi connectivity index (χ4v) is 2.50. The lowest BCUT2D eigenvalue weighted by molar-refractivity contribution is 0.283. The molecule has 92 valence electrons. The maximum absolute atomic E-state index is 8.66. The molecule has 0 fully saturated rings. The average molecular weight is 250 g/mol. The highest BCUT2D eigenvalue weighted by Gasteiger charge is 1.98. The zero-order chi connectivity index (χ0) is 11.9. The predicted molar refractivity (Wildman–Crippen MR) is 73.7 cm³/mol. The van der Waals surface area contributed by atoms with Crippen molar-refractivity contribution in [1.29, 1.82) is 0 Å². The van der Waals surface area contributed by atoms with E-state index in [9.17, 15) is 0 Å². The van der Waals surface area contributed by atoms with E-state index in [2.05, 4.69) is 28.5 Å². The van der Waals surface area contributed by atoms with Crippen molar-refractivity contribution in [3.05, 3.63) is 23.7 Å². The van der Waals surface area contributed by atoms with Gasteiger partial charge in [0.05, 0.1) is 15.7 Å². The summed E-state index contributed by atoms with van der Waals surface area (Å²) in [4.78, 5) is 4.26. The van der Waals surface area contributed by atoms with Crippen LogP contribution in [-0.2, 0) is 0 Å². The van der Waals surface area contributed by atoms with E-state index in [4.69, 9.17) is 5.11 Å². The molecule has 1 heterocycles. The lowest BCUT2D eigenvalue weighted by atomic mass is 10.2. The molecule has 0 aliphatic heterocycles. The Hall–Kier alpha value is -1.13. The van der Waals surface area contributed by atoms with Crippen molar-refractivity contribution in [2.75, 3.05) is 18.5 Å². The van der Waals surface area contributed by atoms with Crippen LogP contribution in [0.5, 0.6) is 0 Å². The van der Waals surface area contributed by atoms with E-state index in [-0.39, 0.29) is 0 Å². The fourth-order valence-electron chi connectivity index (χ4n) is 1.79. The number of benzene rings is 1. The highest BCUT2D eigenvalue weighted by Crippen LogP contribution is 2.21. The molecule has 2 rings (SSSR count). The quantitative estimate of drug-likeness (QED) is 0.741. The normalized spacial score (nSPS) is 10.9. The molecule has 0 atom stereocenters. The number of aromatic nitrogens is 1. The number of hydrogen-bond acceptors (Lipinski definition) is 4. The van der Waals surface area contributed by atoms with Gasteiger partial charge < -0.3 is 10.4 Å². The Balaban J connectivity index is 1.75. The minimum atomic E-state index is 0.315. The lowest BCUT2D eigenvalue weighted by Gasteiger charge is -2.05. The molecule has 3 nitrogen and oxygen atoms in total. The van der Waals surface area contributed by atoms with Gasteiger partial charge in [-0.25, -0.2) is 4.98 Å². The maximum atomic E-state index is 8.66. The third-order valence-corrected chi connectivity index (χ3v) is 3.54. The molecule has 0 unspecified atom stereocenters. The van der Waals surface area contributed by atoms with Crippen molar-refractivity contribution in [2.24, 2.45) is 0 Å². The topological polar surface area (TPSA) is 45.1 Å². The lowest BCUT2D eigenvalue weighted by Crippen LogP contribution is -2.01. The molecular formula is C13H18N2OS. The number of thiazole rings is 1. The van der Waals surface area contributed by atoms with Gasteiger partial charge in [0.2, 0.25) is 0 Å². The second kappa shape index (κ2) is 6.57. The van der Waals surface area contributed by atoms with Crippen LogP contribution in [0.25, 0.3) is 10.2 Å². The third-order valence-electron chi connectivity index (χ3n) is 2.75. The van der Waals surface area contributed by atoms with Crippen LogP contribution >= 0.6 is 11.3 Å². The molecule has 2 N–H and O–H groups in total. The van der Waals surface area contributed by atoms with Crippen molar-refractivity contribution in [2.45, 2.75) is 25.7 Å². The molecule has 0 bridgehead atoms. The summed E-state index contributed by atoms with van der Waals surface area (Å²) >= 11 is 1.67. The molecule has 2 aromatic rings. The second-order valence-electron chi connectivity index (χ2n) is 4.10. The summed E-state index contributed by atoms with van der Waals surface area (Å²) in [6.45, 7) is 1.31. The van der Waals surface area contributed by atoms with Crippen LogP contribution in [0.4, 0.5) is 5.69 Å². The third kappa shape index (κ3) is 3.68. The first-order valence-electron chi connectivity index (χ1n) is 6.08. The molecule has 0 saturated carbocycles. The number of nitrogens with zero attached hydrogens (tertiary/aromatic N) is 1. The van der Waals surface area contributed by atoms with E-state index in [0.29, 0.717) is 6.61 Å². The Morgan fingerprint density at radius 3 is 2.94 bits per heavy atom. The summed E-state index contributed by atoms with van der Waals surface area (Å²) in [6.07, 6.45) is 4.37. The van der Waals surface area contributed by atoms with Crippen LogP contribution in [0.2, 0.25) is 0 Å². The van der Waals surface area contributed by atoms with Crippen LogP contribution in [0.1, 0.15) is 25.7 Å². The fraction of sp³-hybridized carbons (Fsp3) is 0.462. The van der Waals surface area contributed by atoms with Crippen LogP contribution in [0.15, 0.2) is 23.7 Å². The predicted octanol–water partition coefficient (Wildman–Crippen LogP) is 3.26. The van der Waals surface area contributed by atoms with Gasteiger partial charge in [-0.2, -0.15) is 0 Å². The number of fused-ring (bicyclic) bond motifs is 1. The average Bonchev–Trinajstić information content (AvgIpc) is 2.81. The summed E-state index contributed by atoms with van der Waals surface area (Å²) in [6, 6.07) is 6.29. The molecule has 0 amide bonds. The van der Waals surface area contributed by atoms with Crippen molar-refractivity contribution in [3.8, 4) is 0 Å². The number of hydrogen-bond donors (Lipinski definition) is 2. The minimum Gasteiger partial charge on any atom is -0.396 e. The smallest absolute Gasteiger partial charge is 0.0813 e. The van der Waals surface area contributed by atoms with E-state index in [1.807, 2.05) is 5.51 Å². The summed E-state index contributed by atoms with van der Waals surface area (Å²) in [7, 11) is 0. The number of aliphatic hydroxyl groups excluding tert-OH is 1. The summed E-state index contributed by atoms with van der Waals surface area (Å²) in [5, 5.41) is 12.1. The van der Waals surface area contributed by atoms with Gasteiger partial charge in [0.15, 0.2) is 0 Å². The monoisotopic (exact) mass is 250 g/mol. The highest BCUT2D eigenvalue weighted by molar-refractivity contribution is 7.16. The summed E-state index contributed by atoms with van der Waals surface area (Å²) in [5.74, 6) is 0. The van der Waals surface area contributed by atoms with Crippen molar-refractivity contribution in [1.82, 2.24) is 4.98 Å².